The number of carbonyl (C=O) groups excluding carboxylic acids is 1. The van der Waals surface area contributed by atoms with E-state index in [1.807, 2.05) is 6.92 Å². The van der Waals surface area contributed by atoms with Crippen molar-refractivity contribution in [2.45, 2.75) is 15.6 Å². The molecule has 0 radical (unpaired) electrons. The summed E-state index contributed by atoms with van der Waals surface area (Å²) in [5.41, 5.74) is 1.66. The predicted molar refractivity (Wildman–Crippen MR) is 104 cm³/mol. The minimum Gasteiger partial charge on any atom is -0.497 e. The van der Waals surface area contributed by atoms with E-state index in [1.165, 1.54) is 23.1 Å². The van der Waals surface area contributed by atoms with E-state index in [1.54, 1.807) is 44.2 Å². The lowest BCUT2D eigenvalue weighted by Crippen LogP contribution is -2.14. The summed E-state index contributed by atoms with van der Waals surface area (Å²) < 4.78 is 12.1. The summed E-state index contributed by atoms with van der Waals surface area (Å²) in [6, 6.07) is 5.24. The number of rotatable bonds is 9. The Kier molecular flexibility index (Phi) is 7.60. The van der Waals surface area contributed by atoms with Gasteiger partial charge < -0.3 is 14.8 Å². The zero-order valence-electron chi connectivity index (χ0n) is 14.2. The zero-order valence-corrected chi connectivity index (χ0v) is 16.6. The van der Waals surface area contributed by atoms with Crippen molar-refractivity contribution in [3.63, 3.8) is 0 Å². The molecule has 0 saturated heterocycles. The highest BCUT2D eigenvalue weighted by Crippen LogP contribution is 2.31. The third-order valence-electron chi connectivity index (χ3n) is 2.84. The summed E-state index contributed by atoms with van der Waals surface area (Å²) >= 11 is 4.42. The van der Waals surface area contributed by atoms with Gasteiger partial charge in [0, 0.05) is 11.8 Å². The first-order valence-electron chi connectivity index (χ1n) is 7.27. The lowest BCUT2D eigenvalue weighted by molar-refractivity contribution is -0.113. The Hall–Kier alpha value is -1.71. The molecule has 0 saturated carbocycles. The van der Waals surface area contributed by atoms with Crippen LogP contribution in [-0.4, -0.2) is 41.8 Å². The van der Waals surface area contributed by atoms with Gasteiger partial charge in [0.1, 0.15) is 11.5 Å². The van der Waals surface area contributed by atoms with Crippen LogP contribution >= 0.6 is 34.9 Å². The Morgan fingerprint density at radius 2 is 1.88 bits per heavy atom. The Labute approximate surface area is 159 Å². The van der Waals surface area contributed by atoms with Crippen LogP contribution in [0.5, 0.6) is 11.5 Å². The molecule has 0 unspecified atom stereocenters. The van der Waals surface area contributed by atoms with Crippen LogP contribution in [0, 0.1) is 0 Å². The quantitative estimate of drug-likeness (QED) is 0.507. The molecular weight excluding hydrogens is 378 g/mol. The van der Waals surface area contributed by atoms with Gasteiger partial charge in [0.2, 0.25) is 5.91 Å². The second kappa shape index (κ2) is 9.69. The zero-order chi connectivity index (χ0) is 18.2. The van der Waals surface area contributed by atoms with E-state index in [4.69, 9.17) is 9.47 Å². The second-order valence-electron chi connectivity index (χ2n) is 4.98. The van der Waals surface area contributed by atoms with Gasteiger partial charge in [-0.15, -0.1) is 10.2 Å². The van der Waals surface area contributed by atoms with Crippen molar-refractivity contribution in [1.29, 1.82) is 0 Å². The Morgan fingerprint density at radius 3 is 2.48 bits per heavy atom. The van der Waals surface area contributed by atoms with E-state index >= 15 is 0 Å². The van der Waals surface area contributed by atoms with E-state index in [-0.39, 0.29) is 11.7 Å². The molecule has 9 heteroatoms. The molecule has 0 atom stereocenters. The molecule has 0 aliphatic carbocycles. The minimum atomic E-state index is -0.150. The molecule has 0 aliphatic heterocycles. The van der Waals surface area contributed by atoms with Gasteiger partial charge in [0.05, 0.1) is 25.7 Å². The van der Waals surface area contributed by atoms with Crippen LogP contribution in [0.25, 0.3) is 0 Å². The van der Waals surface area contributed by atoms with Gasteiger partial charge in [0.25, 0.3) is 0 Å². The van der Waals surface area contributed by atoms with Crippen LogP contribution in [-0.2, 0) is 4.79 Å². The normalized spacial score (nSPS) is 10.4. The van der Waals surface area contributed by atoms with E-state index in [2.05, 4.69) is 22.1 Å². The van der Waals surface area contributed by atoms with Crippen LogP contribution in [0.2, 0.25) is 0 Å². The van der Waals surface area contributed by atoms with Crippen LogP contribution in [0.1, 0.15) is 6.92 Å². The number of benzene rings is 1. The lowest BCUT2D eigenvalue weighted by Gasteiger charge is -2.11. The highest BCUT2D eigenvalue weighted by atomic mass is 32.2. The second-order valence-corrected chi connectivity index (χ2v) is 8.41. The van der Waals surface area contributed by atoms with Crippen molar-refractivity contribution >= 4 is 46.5 Å². The number of carbonyl (C=O) groups is 1. The van der Waals surface area contributed by atoms with Crippen LogP contribution in [0.4, 0.5) is 5.69 Å². The number of nitrogens with one attached hydrogen (secondary N) is 1. The largest absolute Gasteiger partial charge is 0.497 e. The molecule has 1 aromatic heterocycles. The summed E-state index contributed by atoms with van der Waals surface area (Å²) in [5.74, 6) is 2.12. The van der Waals surface area contributed by atoms with E-state index in [0.717, 1.165) is 20.0 Å². The molecule has 25 heavy (non-hydrogen) atoms. The van der Waals surface area contributed by atoms with Crippen LogP contribution in [0.3, 0.4) is 0 Å². The third kappa shape index (κ3) is 6.26. The molecular formula is C16H19N3O3S3. The number of amides is 1. The van der Waals surface area contributed by atoms with Gasteiger partial charge in [-0.3, -0.25) is 4.79 Å². The molecule has 134 valence electrons. The number of ether oxygens (including phenoxy) is 2. The van der Waals surface area contributed by atoms with Gasteiger partial charge in [-0.2, -0.15) is 0 Å². The fraction of sp³-hybridized carbons (Fsp3) is 0.312. The van der Waals surface area contributed by atoms with Crippen molar-refractivity contribution in [3.05, 3.63) is 30.4 Å². The van der Waals surface area contributed by atoms with Crippen LogP contribution in [0.15, 0.2) is 39.0 Å². The van der Waals surface area contributed by atoms with Crippen molar-refractivity contribution < 1.29 is 14.3 Å². The summed E-state index contributed by atoms with van der Waals surface area (Å²) in [7, 11) is 3.12. The molecule has 0 fully saturated rings. The maximum absolute atomic E-state index is 12.2. The Bertz CT molecular complexity index is 749. The Morgan fingerprint density at radius 1 is 1.20 bits per heavy atom. The number of aromatic nitrogens is 2. The topological polar surface area (TPSA) is 73.3 Å². The number of anilines is 1. The number of hydrogen-bond acceptors (Lipinski definition) is 8. The van der Waals surface area contributed by atoms with Gasteiger partial charge in [-0.25, -0.2) is 0 Å². The molecule has 1 amide bonds. The molecule has 2 aromatic rings. The van der Waals surface area contributed by atoms with Gasteiger partial charge in [-0.05, 0) is 19.1 Å². The van der Waals surface area contributed by atoms with Gasteiger partial charge in [0.15, 0.2) is 8.68 Å². The first-order valence-corrected chi connectivity index (χ1v) is 10.1. The number of thioether (sulfide) groups is 2. The Balaban J connectivity index is 1.89. The summed E-state index contributed by atoms with van der Waals surface area (Å²) in [4.78, 5) is 12.2. The van der Waals surface area contributed by atoms with E-state index in [9.17, 15) is 4.79 Å². The fourth-order valence-corrected chi connectivity index (χ4v) is 4.39. The molecule has 1 heterocycles. The summed E-state index contributed by atoms with van der Waals surface area (Å²) in [6.07, 6.45) is 0. The van der Waals surface area contributed by atoms with E-state index < -0.39 is 0 Å². The molecule has 0 spiro atoms. The van der Waals surface area contributed by atoms with Gasteiger partial charge in [-0.1, -0.05) is 47.0 Å². The average molecular weight is 398 g/mol. The number of methoxy groups -OCH3 is 2. The first kappa shape index (κ1) is 19.6. The number of hydrogen-bond donors (Lipinski definition) is 1. The SMILES string of the molecule is C=C(C)CSc1nnc(SCC(=O)Nc2cc(OC)ccc2OC)s1. The molecule has 1 aromatic carbocycles. The highest BCUT2D eigenvalue weighted by Gasteiger charge is 2.12. The highest BCUT2D eigenvalue weighted by molar-refractivity contribution is 8.03. The molecule has 6 nitrogen and oxygen atoms in total. The minimum absolute atomic E-state index is 0.150. The standard InChI is InChI=1S/C16H19N3O3S3/c1-10(2)8-23-15-18-19-16(25-15)24-9-14(20)17-12-7-11(21-3)5-6-13(12)22-4/h5-7H,1,8-9H2,2-4H3,(H,17,20). The third-order valence-corrected chi connectivity index (χ3v) is 6.26. The fourth-order valence-electron chi connectivity index (χ4n) is 1.72. The van der Waals surface area contributed by atoms with Crippen molar-refractivity contribution in [2.24, 2.45) is 0 Å². The molecule has 0 aliphatic rings. The maximum Gasteiger partial charge on any atom is 0.234 e. The van der Waals surface area contributed by atoms with Crippen molar-refractivity contribution in [3.8, 4) is 11.5 Å². The monoisotopic (exact) mass is 397 g/mol. The number of nitrogens with zero attached hydrogens (tertiary/aromatic N) is 2. The summed E-state index contributed by atoms with van der Waals surface area (Å²) in [5, 5.41) is 11.0. The molecule has 0 bridgehead atoms. The summed E-state index contributed by atoms with van der Waals surface area (Å²) in [6.45, 7) is 5.83. The smallest absolute Gasteiger partial charge is 0.234 e. The van der Waals surface area contributed by atoms with Gasteiger partial charge >= 0.3 is 0 Å². The van der Waals surface area contributed by atoms with Crippen molar-refractivity contribution in [1.82, 2.24) is 10.2 Å². The maximum atomic E-state index is 12.2. The predicted octanol–water partition coefficient (Wildman–Crippen LogP) is 3.95. The first-order chi connectivity index (χ1) is 12.0. The average Bonchev–Trinajstić information content (AvgIpc) is 3.06. The van der Waals surface area contributed by atoms with Crippen LogP contribution < -0.4 is 14.8 Å². The lowest BCUT2D eigenvalue weighted by atomic mass is 10.2. The van der Waals surface area contributed by atoms with Crippen molar-refractivity contribution in [2.75, 3.05) is 31.0 Å². The van der Waals surface area contributed by atoms with E-state index in [0.29, 0.717) is 17.2 Å². The molecule has 2 rings (SSSR count). The molecule has 1 N–H and O–H groups in total.